The Balaban J connectivity index is 1.52. The molecule has 2 aromatic rings. The van der Waals surface area contributed by atoms with Crippen LogP contribution in [0, 0.1) is 5.92 Å². The van der Waals surface area contributed by atoms with Gasteiger partial charge in [0.15, 0.2) is 0 Å². The van der Waals surface area contributed by atoms with E-state index >= 15 is 0 Å². The van der Waals surface area contributed by atoms with Crippen molar-refractivity contribution >= 4 is 5.91 Å². The second-order valence-corrected chi connectivity index (χ2v) is 7.22. The summed E-state index contributed by atoms with van der Waals surface area (Å²) in [6.45, 7) is 3.36. The molecule has 2 fully saturated rings. The highest BCUT2D eigenvalue weighted by Crippen LogP contribution is 2.33. The zero-order valence-electron chi connectivity index (χ0n) is 15.3. The lowest BCUT2D eigenvalue weighted by Crippen LogP contribution is -2.53. The second kappa shape index (κ2) is 7.17. The number of methoxy groups -OCH3 is 1. The molecule has 0 spiro atoms. The molecular weight excluding hydrogens is 330 g/mol. The molecule has 2 saturated heterocycles. The van der Waals surface area contributed by atoms with Crippen LogP contribution in [0.5, 0.6) is 0 Å². The molecule has 0 N–H and O–H groups in total. The molecule has 4 heterocycles. The third-order valence-corrected chi connectivity index (χ3v) is 5.57. The van der Waals surface area contributed by atoms with E-state index in [1.54, 1.807) is 24.1 Å². The number of aromatic nitrogens is 3. The molecule has 2 aliphatic rings. The number of rotatable bonds is 4. The number of piperidine rings is 1. The maximum Gasteiger partial charge on any atom is 0.274 e. The highest BCUT2D eigenvalue weighted by atomic mass is 16.5. The monoisotopic (exact) mass is 355 g/mol. The lowest BCUT2D eigenvalue weighted by Gasteiger charge is -2.40. The van der Waals surface area contributed by atoms with E-state index < -0.39 is 0 Å². The SMILES string of the molecule is CO[C@@H]1CCN(C(=O)c2ccn(C)n2)[C@H]2CN(Cc3cccnc3)C[C@@H]12. The van der Waals surface area contributed by atoms with Crippen molar-refractivity contribution in [2.24, 2.45) is 13.0 Å². The van der Waals surface area contributed by atoms with Crippen LogP contribution >= 0.6 is 0 Å². The van der Waals surface area contributed by atoms with Crippen LogP contribution in [-0.4, -0.2) is 69.4 Å². The number of fused-ring (bicyclic) bond motifs is 1. The van der Waals surface area contributed by atoms with Crippen molar-refractivity contribution in [3.8, 4) is 0 Å². The molecule has 138 valence electrons. The number of carbonyl (C=O) groups is 1. The summed E-state index contributed by atoms with van der Waals surface area (Å²) in [6, 6.07) is 6.02. The van der Waals surface area contributed by atoms with Gasteiger partial charge in [-0.1, -0.05) is 6.07 Å². The number of carbonyl (C=O) groups excluding carboxylic acids is 1. The predicted molar refractivity (Wildman–Crippen MR) is 96.5 cm³/mol. The summed E-state index contributed by atoms with van der Waals surface area (Å²) in [6.07, 6.45) is 6.59. The van der Waals surface area contributed by atoms with Gasteiger partial charge in [-0.3, -0.25) is 19.4 Å². The quantitative estimate of drug-likeness (QED) is 0.824. The van der Waals surface area contributed by atoms with Gasteiger partial charge >= 0.3 is 0 Å². The molecule has 26 heavy (non-hydrogen) atoms. The van der Waals surface area contributed by atoms with Crippen molar-refractivity contribution in [1.29, 1.82) is 0 Å². The number of nitrogens with zero attached hydrogens (tertiary/aromatic N) is 5. The Morgan fingerprint density at radius 2 is 2.23 bits per heavy atom. The molecule has 1 amide bonds. The van der Waals surface area contributed by atoms with Crippen LogP contribution in [0.15, 0.2) is 36.8 Å². The topological polar surface area (TPSA) is 63.5 Å². The Kier molecular flexibility index (Phi) is 4.74. The van der Waals surface area contributed by atoms with Crippen molar-refractivity contribution < 1.29 is 9.53 Å². The van der Waals surface area contributed by atoms with Gasteiger partial charge in [0, 0.05) is 64.8 Å². The van der Waals surface area contributed by atoms with Gasteiger partial charge in [0.1, 0.15) is 5.69 Å². The van der Waals surface area contributed by atoms with E-state index in [1.807, 2.05) is 30.4 Å². The molecule has 4 rings (SSSR count). The van der Waals surface area contributed by atoms with E-state index in [9.17, 15) is 4.79 Å². The molecule has 2 aliphatic heterocycles. The number of likely N-dealkylation sites (tertiary alicyclic amines) is 2. The average Bonchev–Trinajstić information content (AvgIpc) is 3.27. The minimum Gasteiger partial charge on any atom is -0.381 e. The fourth-order valence-corrected chi connectivity index (χ4v) is 4.34. The van der Waals surface area contributed by atoms with E-state index in [0.717, 1.165) is 32.6 Å². The van der Waals surface area contributed by atoms with Crippen molar-refractivity contribution in [2.45, 2.75) is 25.1 Å². The largest absolute Gasteiger partial charge is 0.381 e. The lowest BCUT2D eigenvalue weighted by molar-refractivity contribution is -0.0158. The van der Waals surface area contributed by atoms with Crippen LogP contribution in [0.25, 0.3) is 0 Å². The smallest absolute Gasteiger partial charge is 0.274 e. The fourth-order valence-electron chi connectivity index (χ4n) is 4.34. The van der Waals surface area contributed by atoms with Gasteiger partial charge in [-0.2, -0.15) is 5.10 Å². The Hall–Kier alpha value is -2.25. The molecule has 0 aliphatic carbocycles. The first-order valence-corrected chi connectivity index (χ1v) is 9.10. The standard InChI is InChI=1S/C19H25N5O2/c1-22-8-5-16(21-22)19(25)24-9-6-18(26-2)15-12-23(13-17(15)24)11-14-4-3-7-20-10-14/h3-5,7-8,10,15,17-18H,6,9,11-13H2,1-2H3/t15-,17+,18-/m1/s1. The normalized spacial score (nSPS) is 26.1. The van der Waals surface area contributed by atoms with Crippen LogP contribution in [-0.2, 0) is 18.3 Å². The van der Waals surface area contributed by atoms with E-state index in [0.29, 0.717) is 11.6 Å². The number of hydrogen-bond donors (Lipinski definition) is 0. The van der Waals surface area contributed by atoms with Crippen LogP contribution in [0.3, 0.4) is 0 Å². The number of amides is 1. The lowest BCUT2D eigenvalue weighted by atomic mass is 9.89. The third-order valence-electron chi connectivity index (χ3n) is 5.57. The summed E-state index contributed by atoms with van der Waals surface area (Å²) >= 11 is 0. The first kappa shape index (κ1) is 17.2. The van der Waals surface area contributed by atoms with Gasteiger partial charge in [-0.25, -0.2) is 0 Å². The van der Waals surface area contributed by atoms with Gasteiger partial charge in [0.05, 0.1) is 12.1 Å². The summed E-state index contributed by atoms with van der Waals surface area (Å²) in [5.41, 5.74) is 1.72. The molecule has 0 radical (unpaired) electrons. The highest BCUT2D eigenvalue weighted by Gasteiger charge is 2.46. The van der Waals surface area contributed by atoms with Crippen molar-refractivity contribution in [3.63, 3.8) is 0 Å². The minimum absolute atomic E-state index is 0.0263. The van der Waals surface area contributed by atoms with Gasteiger partial charge in [0.25, 0.3) is 5.91 Å². The summed E-state index contributed by atoms with van der Waals surface area (Å²) in [5.74, 6) is 0.358. The molecule has 0 unspecified atom stereocenters. The van der Waals surface area contributed by atoms with E-state index in [2.05, 4.69) is 21.0 Å². The Morgan fingerprint density at radius 1 is 1.35 bits per heavy atom. The Labute approximate surface area is 153 Å². The maximum absolute atomic E-state index is 13.0. The van der Waals surface area contributed by atoms with E-state index in [4.69, 9.17) is 4.74 Å². The first-order chi connectivity index (χ1) is 12.7. The molecule has 0 bridgehead atoms. The molecule has 3 atom stereocenters. The molecular formula is C19H25N5O2. The zero-order valence-corrected chi connectivity index (χ0v) is 15.3. The number of hydrogen-bond acceptors (Lipinski definition) is 5. The number of ether oxygens (including phenoxy) is 1. The third kappa shape index (κ3) is 3.24. The van der Waals surface area contributed by atoms with Gasteiger partial charge in [-0.05, 0) is 24.1 Å². The van der Waals surface area contributed by atoms with Crippen LogP contribution in [0.2, 0.25) is 0 Å². The Bertz CT molecular complexity index is 762. The van der Waals surface area contributed by atoms with Crippen LogP contribution < -0.4 is 0 Å². The fraction of sp³-hybridized carbons (Fsp3) is 0.526. The van der Waals surface area contributed by atoms with Crippen molar-refractivity contribution in [2.75, 3.05) is 26.7 Å². The van der Waals surface area contributed by atoms with Crippen LogP contribution in [0.4, 0.5) is 0 Å². The van der Waals surface area contributed by atoms with Gasteiger partial charge < -0.3 is 9.64 Å². The van der Waals surface area contributed by atoms with Crippen molar-refractivity contribution in [3.05, 3.63) is 48.0 Å². The van der Waals surface area contributed by atoms with Gasteiger partial charge in [-0.15, -0.1) is 0 Å². The first-order valence-electron chi connectivity index (χ1n) is 9.10. The van der Waals surface area contributed by atoms with Crippen molar-refractivity contribution in [1.82, 2.24) is 24.6 Å². The molecule has 7 heteroatoms. The highest BCUT2D eigenvalue weighted by molar-refractivity contribution is 5.92. The van der Waals surface area contributed by atoms with E-state index in [-0.39, 0.29) is 18.1 Å². The second-order valence-electron chi connectivity index (χ2n) is 7.22. The number of aryl methyl sites for hydroxylation is 1. The molecule has 0 aromatic carbocycles. The molecule has 7 nitrogen and oxygen atoms in total. The molecule has 0 saturated carbocycles. The molecule has 2 aromatic heterocycles. The average molecular weight is 355 g/mol. The van der Waals surface area contributed by atoms with Crippen LogP contribution in [0.1, 0.15) is 22.5 Å². The summed E-state index contributed by atoms with van der Waals surface area (Å²) < 4.78 is 7.42. The van der Waals surface area contributed by atoms with E-state index in [1.165, 1.54) is 5.56 Å². The maximum atomic E-state index is 13.0. The summed E-state index contributed by atoms with van der Waals surface area (Å²) in [7, 11) is 3.61. The Morgan fingerprint density at radius 3 is 2.92 bits per heavy atom. The predicted octanol–water partition coefficient (Wildman–Crippen LogP) is 1.18. The summed E-state index contributed by atoms with van der Waals surface area (Å²) in [4.78, 5) is 21.6. The summed E-state index contributed by atoms with van der Waals surface area (Å²) in [5, 5.41) is 4.30. The zero-order chi connectivity index (χ0) is 18.1. The minimum atomic E-state index is 0.0263. The number of pyridine rings is 1. The van der Waals surface area contributed by atoms with Gasteiger partial charge in [0.2, 0.25) is 0 Å².